The molecular formula is C13H15N3O3. The number of carbonyl (C=O) groups is 1. The molecule has 1 saturated carbocycles. The fourth-order valence-electron chi connectivity index (χ4n) is 2.32. The highest BCUT2D eigenvalue weighted by atomic mass is 16.3. The maximum Gasteiger partial charge on any atom is 0.262 e. The van der Waals surface area contributed by atoms with Gasteiger partial charge in [-0.15, -0.1) is 0 Å². The maximum absolute atomic E-state index is 12.3. The zero-order valence-corrected chi connectivity index (χ0v) is 10.8. The van der Waals surface area contributed by atoms with Gasteiger partial charge in [0, 0.05) is 6.04 Å². The van der Waals surface area contributed by atoms with Crippen LogP contribution in [0.25, 0.3) is 11.1 Å². The number of aryl methyl sites for hydroxylation is 1. The van der Waals surface area contributed by atoms with E-state index in [4.69, 9.17) is 4.42 Å². The summed E-state index contributed by atoms with van der Waals surface area (Å²) in [6.45, 7) is 3.65. The lowest BCUT2D eigenvalue weighted by atomic mass is 10.1. The van der Waals surface area contributed by atoms with Crippen LogP contribution in [0.1, 0.15) is 35.9 Å². The number of hydrogen-bond donors (Lipinski definition) is 2. The Bertz CT molecular complexity index is 697. The van der Waals surface area contributed by atoms with Crippen molar-refractivity contribution in [3.05, 3.63) is 28.0 Å². The Morgan fingerprint density at radius 3 is 3.00 bits per heavy atom. The van der Waals surface area contributed by atoms with Gasteiger partial charge in [0.2, 0.25) is 5.71 Å². The van der Waals surface area contributed by atoms with E-state index >= 15 is 0 Å². The molecule has 100 valence electrons. The molecule has 1 aliphatic rings. The second-order valence-corrected chi connectivity index (χ2v) is 5.04. The highest BCUT2D eigenvalue weighted by Crippen LogP contribution is 2.32. The number of furan rings is 1. The predicted molar refractivity (Wildman–Crippen MR) is 69.0 cm³/mol. The lowest BCUT2D eigenvalue weighted by Gasteiger charge is -2.12. The molecule has 0 saturated heterocycles. The third-order valence-corrected chi connectivity index (χ3v) is 3.59. The SMILES string of the molecule is Cc1oc2nc[nH]c(=O)c2c1C(=O)N[C@@H](C)C1CC1. The summed E-state index contributed by atoms with van der Waals surface area (Å²) in [4.78, 5) is 30.5. The Morgan fingerprint density at radius 2 is 2.32 bits per heavy atom. The number of amides is 1. The summed E-state index contributed by atoms with van der Waals surface area (Å²) in [6, 6.07) is 0.118. The largest absolute Gasteiger partial charge is 0.442 e. The molecule has 0 spiro atoms. The van der Waals surface area contributed by atoms with Crippen LogP contribution in [0.4, 0.5) is 0 Å². The molecule has 0 unspecified atom stereocenters. The third kappa shape index (κ3) is 2.03. The number of rotatable bonds is 3. The van der Waals surface area contributed by atoms with E-state index in [2.05, 4.69) is 15.3 Å². The van der Waals surface area contributed by atoms with Gasteiger partial charge in [0.05, 0.1) is 11.9 Å². The summed E-state index contributed by atoms with van der Waals surface area (Å²) in [7, 11) is 0. The highest BCUT2D eigenvalue weighted by Gasteiger charge is 2.30. The van der Waals surface area contributed by atoms with Crippen molar-refractivity contribution >= 4 is 17.0 Å². The number of aromatic nitrogens is 2. The normalized spacial score (nSPS) is 16.5. The first-order valence-electron chi connectivity index (χ1n) is 6.35. The monoisotopic (exact) mass is 261 g/mol. The minimum absolute atomic E-state index is 0.118. The molecule has 2 N–H and O–H groups in total. The summed E-state index contributed by atoms with van der Waals surface area (Å²) >= 11 is 0. The van der Waals surface area contributed by atoms with Crippen molar-refractivity contribution < 1.29 is 9.21 Å². The van der Waals surface area contributed by atoms with E-state index in [-0.39, 0.29) is 34.2 Å². The Balaban J connectivity index is 2.01. The van der Waals surface area contributed by atoms with Gasteiger partial charge in [0.25, 0.3) is 11.5 Å². The van der Waals surface area contributed by atoms with Gasteiger partial charge in [-0.05, 0) is 32.6 Å². The Morgan fingerprint density at radius 1 is 1.58 bits per heavy atom. The minimum atomic E-state index is -0.355. The van der Waals surface area contributed by atoms with Gasteiger partial charge >= 0.3 is 0 Å². The van der Waals surface area contributed by atoms with Crippen molar-refractivity contribution in [1.82, 2.24) is 15.3 Å². The molecule has 1 aliphatic carbocycles. The molecule has 19 heavy (non-hydrogen) atoms. The van der Waals surface area contributed by atoms with Crippen molar-refractivity contribution in [2.75, 3.05) is 0 Å². The number of nitrogens with zero attached hydrogens (tertiary/aromatic N) is 1. The topological polar surface area (TPSA) is 88.0 Å². The summed E-state index contributed by atoms with van der Waals surface area (Å²) in [5, 5.41) is 3.15. The van der Waals surface area contributed by atoms with E-state index in [9.17, 15) is 9.59 Å². The van der Waals surface area contributed by atoms with E-state index < -0.39 is 0 Å². The number of carbonyl (C=O) groups excluding carboxylic acids is 1. The zero-order valence-electron chi connectivity index (χ0n) is 10.8. The average molecular weight is 261 g/mol. The van der Waals surface area contributed by atoms with Crippen LogP contribution in [0.2, 0.25) is 0 Å². The smallest absolute Gasteiger partial charge is 0.262 e. The predicted octanol–water partition coefficient (Wildman–Crippen LogP) is 1.35. The number of fused-ring (bicyclic) bond motifs is 1. The zero-order chi connectivity index (χ0) is 13.6. The summed E-state index contributed by atoms with van der Waals surface area (Å²) in [5.41, 5.74) is 0.133. The van der Waals surface area contributed by atoms with Crippen molar-refractivity contribution in [3.63, 3.8) is 0 Å². The fourth-order valence-corrected chi connectivity index (χ4v) is 2.32. The molecule has 0 aliphatic heterocycles. The number of nitrogens with one attached hydrogen (secondary N) is 2. The summed E-state index contributed by atoms with van der Waals surface area (Å²) in [6.07, 6.45) is 3.56. The van der Waals surface area contributed by atoms with E-state index in [1.807, 2.05) is 6.92 Å². The first kappa shape index (κ1) is 12.0. The first-order valence-corrected chi connectivity index (χ1v) is 6.35. The molecule has 1 amide bonds. The molecule has 1 atom stereocenters. The van der Waals surface area contributed by atoms with Crippen LogP contribution in [0.15, 0.2) is 15.5 Å². The summed E-state index contributed by atoms with van der Waals surface area (Å²) in [5.74, 6) is 0.702. The van der Waals surface area contributed by atoms with E-state index in [1.165, 1.54) is 6.33 Å². The summed E-state index contributed by atoms with van der Waals surface area (Å²) < 4.78 is 5.37. The molecule has 6 nitrogen and oxygen atoms in total. The number of hydrogen-bond acceptors (Lipinski definition) is 4. The van der Waals surface area contributed by atoms with Gasteiger partial charge in [0.1, 0.15) is 11.1 Å². The van der Waals surface area contributed by atoms with Gasteiger partial charge < -0.3 is 14.7 Å². The van der Waals surface area contributed by atoms with Crippen molar-refractivity contribution in [2.24, 2.45) is 5.92 Å². The third-order valence-electron chi connectivity index (χ3n) is 3.59. The first-order chi connectivity index (χ1) is 9.08. The molecule has 1 fully saturated rings. The molecule has 6 heteroatoms. The molecule has 2 aromatic rings. The van der Waals surface area contributed by atoms with Crippen molar-refractivity contribution in [1.29, 1.82) is 0 Å². The molecule has 0 radical (unpaired) electrons. The van der Waals surface area contributed by atoms with E-state index in [0.29, 0.717) is 11.7 Å². The second kappa shape index (κ2) is 4.22. The minimum Gasteiger partial charge on any atom is -0.442 e. The lowest BCUT2D eigenvalue weighted by molar-refractivity contribution is 0.0935. The van der Waals surface area contributed by atoms with E-state index in [1.54, 1.807) is 6.92 Å². The number of H-pyrrole nitrogens is 1. The standard InChI is InChI=1S/C13H15N3O3/c1-6(8-3-4-8)16-12(18)9-7(2)19-13-10(9)11(17)14-5-15-13/h5-6,8H,3-4H2,1-2H3,(H,16,18)(H,14,15,17)/t6-/m0/s1. The molecule has 3 rings (SSSR count). The van der Waals surface area contributed by atoms with Gasteiger partial charge in [-0.2, -0.15) is 0 Å². The van der Waals surface area contributed by atoms with Crippen molar-refractivity contribution in [3.8, 4) is 0 Å². The maximum atomic E-state index is 12.3. The van der Waals surface area contributed by atoms with Crippen LogP contribution < -0.4 is 10.9 Å². The molecule has 2 aromatic heterocycles. The van der Waals surface area contributed by atoms with Crippen molar-refractivity contribution in [2.45, 2.75) is 32.7 Å². The van der Waals surface area contributed by atoms with Crippen LogP contribution >= 0.6 is 0 Å². The molecule has 0 bridgehead atoms. The Hall–Kier alpha value is -2.11. The van der Waals surface area contributed by atoms with Gasteiger partial charge in [-0.3, -0.25) is 9.59 Å². The Labute approximate surface area is 109 Å². The second-order valence-electron chi connectivity index (χ2n) is 5.04. The van der Waals surface area contributed by atoms with Gasteiger partial charge in [-0.25, -0.2) is 4.98 Å². The fraction of sp³-hybridized carbons (Fsp3) is 0.462. The molecule has 2 heterocycles. The van der Waals surface area contributed by atoms with Crippen LogP contribution in [-0.2, 0) is 0 Å². The van der Waals surface area contributed by atoms with Crippen LogP contribution in [0, 0.1) is 12.8 Å². The lowest BCUT2D eigenvalue weighted by Crippen LogP contribution is -2.34. The van der Waals surface area contributed by atoms with Crippen LogP contribution in [0.3, 0.4) is 0 Å². The van der Waals surface area contributed by atoms with E-state index in [0.717, 1.165) is 12.8 Å². The molecule has 0 aromatic carbocycles. The van der Waals surface area contributed by atoms with Gasteiger partial charge in [0.15, 0.2) is 0 Å². The van der Waals surface area contributed by atoms with Crippen LogP contribution in [-0.4, -0.2) is 21.9 Å². The average Bonchev–Trinajstić information content (AvgIpc) is 3.12. The molecular weight excluding hydrogens is 246 g/mol. The highest BCUT2D eigenvalue weighted by molar-refractivity contribution is 6.06. The number of aromatic amines is 1. The Kier molecular flexibility index (Phi) is 2.66. The van der Waals surface area contributed by atoms with Crippen LogP contribution in [0.5, 0.6) is 0 Å². The quantitative estimate of drug-likeness (QED) is 0.873. The van der Waals surface area contributed by atoms with Gasteiger partial charge in [-0.1, -0.05) is 0 Å².